The Kier molecular flexibility index (Phi) is 7.07. The van der Waals surface area contributed by atoms with Crippen LogP contribution in [-0.4, -0.2) is 51.9 Å². The van der Waals surface area contributed by atoms with E-state index in [-0.39, 0.29) is 12.5 Å². The van der Waals surface area contributed by atoms with E-state index in [9.17, 15) is 15.0 Å². The number of hydrogen-bond acceptors (Lipinski definition) is 5. The van der Waals surface area contributed by atoms with Crippen LogP contribution < -0.4 is 10.6 Å². The molecule has 1 heterocycles. The Morgan fingerprint density at radius 2 is 1.65 bits per heavy atom. The van der Waals surface area contributed by atoms with Gasteiger partial charge >= 0.3 is 0 Å². The largest absolute Gasteiger partial charge is 0.392 e. The molecule has 0 aliphatic rings. The molecule has 0 saturated heterocycles. The van der Waals surface area contributed by atoms with Crippen molar-refractivity contribution in [2.45, 2.75) is 25.2 Å². The van der Waals surface area contributed by atoms with Crippen LogP contribution in [0.4, 0.5) is 0 Å². The summed E-state index contributed by atoms with van der Waals surface area (Å²) in [5.41, 5.74) is 1.82. The van der Waals surface area contributed by atoms with Crippen molar-refractivity contribution in [1.82, 2.24) is 20.2 Å². The topological polar surface area (TPSA) is 99.4 Å². The number of carbonyl (C=O) groups excluding carboxylic acids is 1. The number of aliphatic hydroxyl groups is 2. The molecule has 0 radical (unpaired) electrons. The van der Waals surface area contributed by atoms with Gasteiger partial charge < -0.3 is 25.4 Å². The van der Waals surface area contributed by atoms with Crippen molar-refractivity contribution >= 4 is 16.9 Å². The summed E-state index contributed by atoms with van der Waals surface area (Å²) in [5.74, 6) is 0.212. The fourth-order valence-electron chi connectivity index (χ4n) is 4.12. The first-order valence-corrected chi connectivity index (χ1v) is 11.4. The van der Waals surface area contributed by atoms with E-state index in [2.05, 4.69) is 10.6 Å². The number of aromatic nitrogens is 2. The van der Waals surface area contributed by atoms with Crippen LogP contribution in [0.1, 0.15) is 34.2 Å². The first-order valence-electron chi connectivity index (χ1n) is 11.4. The second-order valence-electron chi connectivity index (χ2n) is 8.40. The van der Waals surface area contributed by atoms with Gasteiger partial charge in [-0.2, -0.15) is 0 Å². The molecule has 176 valence electrons. The van der Waals surface area contributed by atoms with Crippen molar-refractivity contribution in [3.63, 3.8) is 0 Å². The lowest BCUT2D eigenvalue weighted by atomic mass is 9.85. The maximum Gasteiger partial charge on any atom is 0.251 e. The van der Waals surface area contributed by atoms with E-state index in [1.807, 2.05) is 72.3 Å². The quantitative estimate of drug-likeness (QED) is 0.309. The number of carbonyl (C=O) groups is 1. The molecule has 1 atom stereocenters. The number of imidazole rings is 1. The standard InChI is InChI=1S/C27H30N4O3/c1-19(32)18-29-25(33)20-13-14-23-24(17-20)31(16-15-28-2)26(30-23)27(34,21-9-5-3-6-10-21)22-11-7-4-8-12-22/h3-14,17,19,28,32,34H,15-16,18H2,1-2H3,(H,29,33)/t19-/m1/s1. The third-order valence-corrected chi connectivity index (χ3v) is 5.86. The van der Waals surface area contributed by atoms with Crippen molar-refractivity contribution in [2.24, 2.45) is 0 Å². The molecule has 0 aliphatic carbocycles. The van der Waals surface area contributed by atoms with Gasteiger partial charge in [-0.1, -0.05) is 60.7 Å². The van der Waals surface area contributed by atoms with E-state index in [1.165, 1.54) is 0 Å². The van der Waals surface area contributed by atoms with Gasteiger partial charge in [-0.25, -0.2) is 4.98 Å². The highest BCUT2D eigenvalue weighted by molar-refractivity contribution is 5.97. The third kappa shape index (κ3) is 4.59. The highest BCUT2D eigenvalue weighted by atomic mass is 16.3. The van der Waals surface area contributed by atoms with Crippen molar-refractivity contribution < 1.29 is 15.0 Å². The summed E-state index contributed by atoms with van der Waals surface area (Å²) in [6.07, 6.45) is -0.632. The Bertz CT molecular complexity index is 1210. The van der Waals surface area contributed by atoms with Crippen LogP contribution in [0.2, 0.25) is 0 Å². The highest BCUT2D eigenvalue weighted by Gasteiger charge is 2.39. The number of benzene rings is 3. The van der Waals surface area contributed by atoms with Gasteiger partial charge in [0.25, 0.3) is 5.91 Å². The zero-order valence-electron chi connectivity index (χ0n) is 19.4. The van der Waals surface area contributed by atoms with Crippen molar-refractivity contribution in [2.75, 3.05) is 20.1 Å². The summed E-state index contributed by atoms with van der Waals surface area (Å²) in [7, 11) is 1.87. The summed E-state index contributed by atoms with van der Waals surface area (Å²) in [5, 5.41) is 27.7. The van der Waals surface area contributed by atoms with Gasteiger partial charge in [0.1, 0.15) is 0 Å². The summed E-state index contributed by atoms with van der Waals surface area (Å²) < 4.78 is 1.97. The SMILES string of the molecule is CNCCn1c(C(O)(c2ccccc2)c2ccccc2)nc2ccc(C(=O)NC[C@@H](C)O)cc21. The number of hydrogen-bond donors (Lipinski definition) is 4. The highest BCUT2D eigenvalue weighted by Crippen LogP contribution is 2.37. The van der Waals surface area contributed by atoms with Crippen LogP contribution in [0.5, 0.6) is 0 Å². The molecule has 4 aromatic rings. The van der Waals surface area contributed by atoms with Crippen LogP contribution in [0, 0.1) is 0 Å². The van der Waals surface area contributed by atoms with E-state index < -0.39 is 11.7 Å². The lowest BCUT2D eigenvalue weighted by Gasteiger charge is -2.29. The monoisotopic (exact) mass is 458 g/mol. The molecule has 4 N–H and O–H groups in total. The molecule has 0 fully saturated rings. The third-order valence-electron chi connectivity index (χ3n) is 5.86. The Balaban J connectivity index is 1.91. The minimum Gasteiger partial charge on any atom is -0.392 e. The maximum absolute atomic E-state index is 12.7. The maximum atomic E-state index is 12.7. The predicted molar refractivity (Wildman–Crippen MR) is 133 cm³/mol. The molecule has 1 amide bonds. The van der Waals surface area contributed by atoms with E-state index in [0.29, 0.717) is 41.1 Å². The van der Waals surface area contributed by atoms with Crippen LogP contribution in [-0.2, 0) is 12.1 Å². The van der Waals surface area contributed by atoms with E-state index in [4.69, 9.17) is 4.98 Å². The molecule has 0 saturated carbocycles. The van der Waals surface area contributed by atoms with Crippen molar-refractivity contribution in [3.05, 3.63) is 101 Å². The Labute approximate surface area is 199 Å². The zero-order chi connectivity index (χ0) is 24.1. The van der Waals surface area contributed by atoms with Crippen molar-refractivity contribution in [3.8, 4) is 0 Å². The Morgan fingerprint density at radius 1 is 1.03 bits per heavy atom. The molecular weight excluding hydrogens is 428 g/mol. The zero-order valence-corrected chi connectivity index (χ0v) is 19.4. The normalized spacial score (nSPS) is 12.6. The average molecular weight is 459 g/mol. The summed E-state index contributed by atoms with van der Waals surface area (Å²) in [4.78, 5) is 17.5. The first kappa shape index (κ1) is 23.6. The van der Waals surface area contributed by atoms with Crippen LogP contribution in [0.25, 0.3) is 11.0 Å². The van der Waals surface area contributed by atoms with E-state index in [1.54, 1.807) is 25.1 Å². The minimum absolute atomic E-state index is 0.170. The fraction of sp³-hybridized carbons (Fsp3) is 0.259. The second-order valence-corrected chi connectivity index (χ2v) is 8.40. The van der Waals surface area contributed by atoms with E-state index >= 15 is 0 Å². The number of nitrogens with zero attached hydrogens (tertiary/aromatic N) is 2. The second kappa shape index (κ2) is 10.2. The predicted octanol–water partition coefficient (Wildman–Crippen LogP) is 2.65. The number of rotatable bonds is 9. The molecule has 0 unspecified atom stereocenters. The molecule has 7 nitrogen and oxygen atoms in total. The number of amides is 1. The lowest BCUT2D eigenvalue weighted by Crippen LogP contribution is -2.33. The summed E-state index contributed by atoms with van der Waals surface area (Å²) in [6.45, 7) is 2.99. The molecule has 34 heavy (non-hydrogen) atoms. The van der Waals surface area contributed by atoms with Crippen LogP contribution in [0.3, 0.4) is 0 Å². The van der Waals surface area contributed by atoms with Crippen LogP contribution >= 0.6 is 0 Å². The van der Waals surface area contributed by atoms with Gasteiger partial charge in [0.15, 0.2) is 11.4 Å². The summed E-state index contributed by atoms with van der Waals surface area (Å²) >= 11 is 0. The number of aliphatic hydroxyl groups excluding tert-OH is 1. The molecular formula is C27H30N4O3. The average Bonchev–Trinajstić information content (AvgIpc) is 3.24. The van der Waals surface area contributed by atoms with Crippen molar-refractivity contribution in [1.29, 1.82) is 0 Å². The number of fused-ring (bicyclic) bond motifs is 1. The van der Waals surface area contributed by atoms with Gasteiger partial charge in [0.2, 0.25) is 0 Å². The smallest absolute Gasteiger partial charge is 0.251 e. The molecule has 0 bridgehead atoms. The molecule has 0 aliphatic heterocycles. The van der Waals surface area contributed by atoms with Gasteiger partial charge in [-0.3, -0.25) is 4.79 Å². The van der Waals surface area contributed by atoms with Gasteiger partial charge in [0.05, 0.1) is 17.1 Å². The van der Waals surface area contributed by atoms with Gasteiger partial charge in [0, 0.05) is 25.2 Å². The van der Waals surface area contributed by atoms with Crippen LogP contribution in [0.15, 0.2) is 78.9 Å². The summed E-state index contributed by atoms with van der Waals surface area (Å²) in [6, 6.07) is 24.3. The lowest BCUT2D eigenvalue weighted by molar-refractivity contribution is 0.0924. The van der Waals surface area contributed by atoms with Gasteiger partial charge in [-0.05, 0) is 43.3 Å². The molecule has 3 aromatic carbocycles. The first-order chi connectivity index (χ1) is 16.4. The number of nitrogens with one attached hydrogen (secondary N) is 2. The minimum atomic E-state index is -1.50. The van der Waals surface area contributed by atoms with Gasteiger partial charge in [-0.15, -0.1) is 0 Å². The Morgan fingerprint density at radius 3 is 2.21 bits per heavy atom. The number of likely N-dealkylation sites (N-methyl/N-ethyl adjacent to an activating group) is 1. The molecule has 4 rings (SSSR count). The molecule has 7 heteroatoms. The van der Waals surface area contributed by atoms with E-state index in [0.717, 1.165) is 5.52 Å². The molecule has 0 spiro atoms. The molecule has 1 aromatic heterocycles. The fourth-order valence-corrected chi connectivity index (χ4v) is 4.12. The Hall–Kier alpha value is -3.52.